The molecular weight excluding hydrogens is 150 g/mol. The number of hydrogen-bond acceptors (Lipinski definition) is 3. The Balaban J connectivity index is 2.82. The van der Waals surface area contributed by atoms with Crippen LogP contribution in [0, 0.1) is 0 Å². The quantitative estimate of drug-likeness (QED) is 0.562. The Kier molecular flexibility index (Phi) is 1.51. The minimum atomic E-state index is -1.08. The SMILES string of the molecule is CC1(C)OC(=O)N[C@H]1C(=O)O. The maximum Gasteiger partial charge on any atom is 0.408 e. The largest absolute Gasteiger partial charge is 0.480 e. The lowest BCUT2D eigenvalue weighted by Crippen LogP contribution is -2.44. The van der Waals surface area contributed by atoms with Crippen LogP contribution in [-0.4, -0.2) is 28.8 Å². The molecule has 0 aliphatic carbocycles. The van der Waals surface area contributed by atoms with Crippen molar-refractivity contribution in [3.63, 3.8) is 0 Å². The van der Waals surface area contributed by atoms with Crippen molar-refractivity contribution in [1.29, 1.82) is 0 Å². The molecule has 1 fully saturated rings. The van der Waals surface area contributed by atoms with Crippen LogP contribution in [0.1, 0.15) is 13.8 Å². The summed E-state index contributed by atoms with van der Waals surface area (Å²) in [5.74, 6) is -1.08. The Hall–Kier alpha value is -1.26. The summed E-state index contributed by atoms with van der Waals surface area (Å²) in [4.78, 5) is 21.0. The van der Waals surface area contributed by atoms with E-state index in [1.165, 1.54) is 0 Å². The van der Waals surface area contributed by atoms with Gasteiger partial charge in [0.2, 0.25) is 0 Å². The Bertz CT molecular complexity index is 211. The van der Waals surface area contributed by atoms with E-state index >= 15 is 0 Å². The summed E-state index contributed by atoms with van der Waals surface area (Å²) in [6, 6.07) is -0.949. The first-order valence-corrected chi connectivity index (χ1v) is 3.16. The van der Waals surface area contributed by atoms with Crippen LogP contribution < -0.4 is 5.32 Å². The average Bonchev–Trinajstić information content (AvgIpc) is 2.04. The van der Waals surface area contributed by atoms with E-state index < -0.39 is 23.7 Å². The van der Waals surface area contributed by atoms with E-state index in [1.54, 1.807) is 13.8 Å². The van der Waals surface area contributed by atoms with Crippen LogP contribution in [0.4, 0.5) is 4.79 Å². The molecule has 1 amide bonds. The third-order valence-corrected chi connectivity index (χ3v) is 1.56. The summed E-state index contributed by atoms with van der Waals surface area (Å²) in [5, 5.41) is 10.8. The van der Waals surface area contributed by atoms with Gasteiger partial charge in [0.1, 0.15) is 5.60 Å². The minimum absolute atomic E-state index is 0.678. The van der Waals surface area contributed by atoms with Gasteiger partial charge in [-0.3, -0.25) is 0 Å². The van der Waals surface area contributed by atoms with Gasteiger partial charge in [0.05, 0.1) is 0 Å². The van der Waals surface area contributed by atoms with Crippen molar-refractivity contribution in [1.82, 2.24) is 5.32 Å². The number of hydrogen-bond donors (Lipinski definition) is 2. The molecule has 1 atom stereocenters. The van der Waals surface area contributed by atoms with Gasteiger partial charge in [-0.1, -0.05) is 0 Å². The zero-order chi connectivity index (χ0) is 8.65. The third-order valence-electron chi connectivity index (χ3n) is 1.56. The molecule has 0 aromatic heterocycles. The monoisotopic (exact) mass is 159 g/mol. The molecule has 2 N–H and O–H groups in total. The number of alkyl carbamates (subject to hydrolysis) is 1. The highest BCUT2D eigenvalue weighted by atomic mass is 16.6. The first kappa shape index (κ1) is 7.84. The number of cyclic esters (lactones) is 1. The summed E-state index contributed by atoms with van der Waals surface area (Å²) in [7, 11) is 0. The van der Waals surface area contributed by atoms with Crippen molar-refractivity contribution < 1.29 is 19.4 Å². The Labute approximate surface area is 63.3 Å². The zero-order valence-corrected chi connectivity index (χ0v) is 6.25. The fraction of sp³-hybridized carbons (Fsp3) is 0.667. The van der Waals surface area contributed by atoms with E-state index in [0.717, 1.165) is 0 Å². The van der Waals surface area contributed by atoms with Crippen LogP contribution in [0.5, 0.6) is 0 Å². The van der Waals surface area contributed by atoms with E-state index in [1.807, 2.05) is 0 Å². The van der Waals surface area contributed by atoms with Gasteiger partial charge >= 0.3 is 12.1 Å². The predicted octanol–water partition coefficient (Wildman–Crippen LogP) is -0.0420. The fourth-order valence-electron chi connectivity index (χ4n) is 0.978. The number of carbonyl (C=O) groups excluding carboxylic acids is 1. The van der Waals surface area contributed by atoms with Crippen LogP contribution in [0.15, 0.2) is 0 Å². The fourth-order valence-corrected chi connectivity index (χ4v) is 0.978. The first-order valence-electron chi connectivity index (χ1n) is 3.16. The standard InChI is InChI=1S/C6H9NO4/c1-6(2)3(4(8)9)7-5(10)11-6/h3H,1-2H3,(H,7,10)(H,8,9)/t3-/m0/s1. The van der Waals surface area contributed by atoms with Gasteiger partial charge in [-0.2, -0.15) is 0 Å². The van der Waals surface area contributed by atoms with Crippen molar-refractivity contribution in [2.75, 3.05) is 0 Å². The number of carbonyl (C=O) groups is 2. The van der Waals surface area contributed by atoms with E-state index in [-0.39, 0.29) is 0 Å². The maximum absolute atomic E-state index is 10.6. The third kappa shape index (κ3) is 1.26. The molecule has 62 valence electrons. The van der Waals surface area contributed by atoms with Crippen molar-refractivity contribution in [3.8, 4) is 0 Å². The lowest BCUT2D eigenvalue weighted by Gasteiger charge is -2.19. The van der Waals surface area contributed by atoms with Crippen LogP contribution in [0.25, 0.3) is 0 Å². The van der Waals surface area contributed by atoms with Gasteiger partial charge in [0.15, 0.2) is 6.04 Å². The molecule has 1 aliphatic heterocycles. The molecule has 0 unspecified atom stereocenters. The van der Waals surface area contributed by atoms with E-state index in [0.29, 0.717) is 0 Å². The molecule has 5 heteroatoms. The number of carboxylic acid groups (broad SMARTS) is 1. The molecule has 1 heterocycles. The van der Waals surface area contributed by atoms with Gasteiger partial charge in [0, 0.05) is 0 Å². The van der Waals surface area contributed by atoms with Crippen molar-refractivity contribution in [2.24, 2.45) is 0 Å². The maximum atomic E-state index is 10.6. The number of rotatable bonds is 1. The first-order chi connectivity index (χ1) is 4.93. The number of amides is 1. The summed E-state index contributed by atoms with van der Waals surface area (Å²) in [5.41, 5.74) is -0.955. The molecule has 11 heavy (non-hydrogen) atoms. The smallest absolute Gasteiger partial charge is 0.408 e. The van der Waals surface area contributed by atoms with Crippen LogP contribution in [-0.2, 0) is 9.53 Å². The van der Waals surface area contributed by atoms with Gasteiger partial charge in [-0.05, 0) is 13.8 Å². The Morgan fingerprint density at radius 1 is 1.73 bits per heavy atom. The topological polar surface area (TPSA) is 75.6 Å². The second-order valence-corrected chi connectivity index (χ2v) is 2.91. The summed E-state index contributed by atoms with van der Waals surface area (Å²) in [6.45, 7) is 3.09. The number of carboxylic acids is 1. The molecule has 0 aromatic carbocycles. The average molecular weight is 159 g/mol. The van der Waals surface area contributed by atoms with Crippen LogP contribution in [0.2, 0.25) is 0 Å². The second-order valence-electron chi connectivity index (χ2n) is 2.91. The highest BCUT2D eigenvalue weighted by Gasteiger charge is 2.45. The predicted molar refractivity (Wildman–Crippen MR) is 35.1 cm³/mol. The lowest BCUT2D eigenvalue weighted by atomic mass is 10.0. The van der Waals surface area contributed by atoms with Crippen molar-refractivity contribution >= 4 is 12.1 Å². The summed E-state index contributed by atoms with van der Waals surface area (Å²) < 4.78 is 4.69. The minimum Gasteiger partial charge on any atom is -0.480 e. The van der Waals surface area contributed by atoms with E-state index in [4.69, 9.17) is 9.84 Å². The van der Waals surface area contributed by atoms with Gasteiger partial charge in [-0.25, -0.2) is 9.59 Å². The molecule has 1 rings (SSSR count). The normalized spacial score (nSPS) is 27.5. The lowest BCUT2D eigenvalue weighted by molar-refractivity contribution is -0.142. The molecule has 5 nitrogen and oxygen atoms in total. The van der Waals surface area contributed by atoms with Gasteiger partial charge in [-0.15, -0.1) is 0 Å². The molecule has 0 spiro atoms. The van der Waals surface area contributed by atoms with E-state index in [2.05, 4.69) is 5.32 Å². The zero-order valence-electron chi connectivity index (χ0n) is 6.25. The summed E-state index contributed by atoms with van der Waals surface area (Å²) >= 11 is 0. The number of nitrogens with one attached hydrogen (secondary N) is 1. The van der Waals surface area contributed by atoms with Gasteiger partial charge in [0.25, 0.3) is 0 Å². The molecule has 0 radical (unpaired) electrons. The van der Waals surface area contributed by atoms with E-state index in [9.17, 15) is 9.59 Å². The molecular formula is C6H9NO4. The molecule has 0 bridgehead atoms. The molecule has 1 aliphatic rings. The highest BCUT2D eigenvalue weighted by molar-refractivity contribution is 5.84. The highest BCUT2D eigenvalue weighted by Crippen LogP contribution is 2.21. The van der Waals surface area contributed by atoms with Crippen LogP contribution in [0.3, 0.4) is 0 Å². The van der Waals surface area contributed by atoms with Crippen molar-refractivity contribution in [2.45, 2.75) is 25.5 Å². The second kappa shape index (κ2) is 2.11. The molecule has 0 aromatic rings. The van der Waals surface area contributed by atoms with Crippen molar-refractivity contribution in [3.05, 3.63) is 0 Å². The van der Waals surface area contributed by atoms with Crippen LogP contribution >= 0.6 is 0 Å². The number of aliphatic carboxylic acids is 1. The Morgan fingerprint density at radius 3 is 2.45 bits per heavy atom. The summed E-state index contributed by atoms with van der Waals surface area (Å²) in [6.07, 6.45) is -0.678. The number of ether oxygens (including phenoxy) is 1. The molecule has 1 saturated heterocycles. The Morgan fingerprint density at radius 2 is 2.27 bits per heavy atom. The molecule has 0 saturated carbocycles. The van der Waals surface area contributed by atoms with Gasteiger partial charge < -0.3 is 15.2 Å².